The highest BCUT2D eigenvalue weighted by atomic mass is 16.5. The van der Waals surface area contributed by atoms with Crippen molar-refractivity contribution >= 4 is 5.82 Å². The number of rotatable bonds is 6. The normalized spacial score (nSPS) is 16.4. The predicted molar refractivity (Wildman–Crippen MR) is 87.8 cm³/mol. The lowest BCUT2D eigenvalue weighted by atomic mass is 10.00. The summed E-state index contributed by atoms with van der Waals surface area (Å²) >= 11 is 0. The van der Waals surface area contributed by atoms with E-state index in [1.165, 1.54) is 24.0 Å². The van der Waals surface area contributed by atoms with Gasteiger partial charge in [-0.15, -0.1) is 0 Å². The Morgan fingerprint density at radius 3 is 2.71 bits per heavy atom. The fourth-order valence-corrected chi connectivity index (χ4v) is 2.85. The third-order valence-electron chi connectivity index (χ3n) is 4.06. The van der Waals surface area contributed by atoms with Gasteiger partial charge < -0.3 is 15.0 Å². The Kier molecular flexibility index (Phi) is 6.00. The maximum atomic E-state index is 5.43. The van der Waals surface area contributed by atoms with Crippen LogP contribution in [0.5, 0.6) is 0 Å². The molecule has 4 nitrogen and oxygen atoms in total. The second-order valence-electron chi connectivity index (χ2n) is 6.46. The van der Waals surface area contributed by atoms with Crippen LogP contribution in [0.25, 0.3) is 0 Å². The zero-order valence-corrected chi connectivity index (χ0v) is 13.9. The topological polar surface area (TPSA) is 37.4 Å². The molecule has 0 spiro atoms. The molecule has 1 fully saturated rings. The van der Waals surface area contributed by atoms with Gasteiger partial charge in [0.2, 0.25) is 0 Å². The van der Waals surface area contributed by atoms with E-state index >= 15 is 0 Å². The van der Waals surface area contributed by atoms with E-state index in [-0.39, 0.29) is 0 Å². The van der Waals surface area contributed by atoms with Crippen LogP contribution in [0.15, 0.2) is 12.3 Å². The van der Waals surface area contributed by atoms with Crippen LogP contribution < -0.4 is 10.2 Å². The first kappa shape index (κ1) is 16.2. The van der Waals surface area contributed by atoms with Crippen LogP contribution in [0.1, 0.15) is 37.8 Å². The first-order valence-corrected chi connectivity index (χ1v) is 8.04. The molecule has 118 valence electrons. The second-order valence-corrected chi connectivity index (χ2v) is 6.46. The number of anilines is 1. The van der Waals surface area contributed by atoms with E-state index in [0.29, 0.717) is 6.04 Å². The largest absolute Gasteiger partial charge is 0.381 e. The first-order valence-electron chi connectivity index (χ1n) is 8.04. The molecule has 1 aromatic rings. The quantitative estimate of drug-likeness (QED) is 0.874. The van der Waals surface area contributed by atoms with Crippen LogP contribution in [0.3, 0.4) is 0 Å². The highest BCUT2D eigenvalue weighted by molar-refractivity contribution is 5.46. The summed E-state index contributed by atoms with van der Waals surface area (Å²) in [6.45, 7) is 10.3. The highest BCUT2D eigenvalue weighted by Gasteiger charge is 2.17. The first-order chi connectivity index (χ1) is 10.1. The van der Waals surface area contributed by atoms with Crippen LogP contribution >= 0.6 is 0 Å². The number of aromatic nitrogens is 1. The summed E-state index contributed by atoms with van der Waals surface area (Å²) in [5, 5.41) is 3.44. The fraction of sp³-hybridized carbons (Fsp3) is 0.706. The van der Waals surface area contributed by atoms with Crippen molar-refractivity contribution in [1.82, 2.24) is 10.3 Å². The van der Waals surface area contributed by atoms with Gasteiger partial charge in [-0.3, -0.25) is 0 Å². The minimum Gasteiger partial charge on any atom is -0.381 e. The fourth-order valence-electron chi connectivity index (χ4n) is 2.85. The Morgan fingerprint density at radius 1 is 1.38 bits per heavy atom. The van der Waals surface area contributed by atoms with Gasteiger partial charge >= 0.3 is 0 Å². The molecule has 1 aliphatic heterocycles. The van der Waals surface area contributed by atoms with Crippen LogP contribution in [-0.2, 0) is 11.3 Å². The number of ether oxygens (including phenoxy) is 1. The minimum atomic E-state index is 0.501. The molecule has 2 heterocycles. The Labute approximate surface area is 128 Å². The van der Waals surface area contributed by atoms with E-state index in [9.17, 15) is 0 Å². The van der Waals surface area contributed by atoms with Gasteiger partial charge in [0.15, 0.2) is 0 Å². The highest BCUT2D eigenvalue weighted by Crippen LogP contribution is 2.21. The molecule has 1 aromatic heterocycles. The SMILES string of the molecule is Cc1cc(CNC(C)C)cnc1N(C)CC1CCOCC1. The molecule has 2 rings (SSSR count). The second kappa shape index (κ2) is 7.76. The molecule has 0 atom stereocenters. The van der Waals surface area contributed by atoms with E-state index in [2.05, 4.69) is 49.1 Å². The molecule has 0 aliphatic carbocycles. The molecule has 1 N–H and O–H groups in total. The number of aryl methyl sites for hydroxylation is 1. The standard InChI is InChI=1S/C17H29N3O/c1-13(2)18-10-16-9-14(3)17(19-11-16)20(4)12-15-5-7-21-8-6-15/h9,11,13,15,18H,5-8,10,12H2,1-4H3. The summed E-state index contributed by atoms with van der Waals surface area (Å²) in [4.78, 5) is 6.97. The number of pyridine rings is 1. The van der Waals surface area contributed by atoms with Crippen LogP contribution in [0.4, 0.5) is 5.82 Å². The summed E-state index contributed by atoms with van der Waals surface area (Å²) in [6.07, 6.45) is 4.33. The van der Waals surface area contributed by atoms with Crippen molar-refractivity contribution in [3.63, 3.8) is 0 Å². The van der Waals surface area contributed by atoms with E-state index in [1.54, 1.807) is 0 Å². The molecule has 4 heteroatoms. The lowest BCUT2D eigenvalue weighted by Crippen LogP contribution is -2.30. The molecule has 0 radical (unpaired) electrons. The molecule has 0 unspecified atom stereocenters. The number of nitrogens with zero attached hydrogens (tertiary/aromatic N) is 2. The van der Waals surface area contributed by atoms with Gasteiger partial charge in [0.1, 0.15) is 5.82 Å². The summed E-state index contributed by atoms with van der Waals surface area (Å²) in [7, 11) is 2.15. The van der Waals surface area contributed by atoms with E-state index in [1.807, 2.05) is 6.20 Å². The number of nitrogens with one attached hydrogen (secondary N) is 1. The third kappa shape index (κ3) is 4.97. The third-order valence-corrected chi connectivity index (χ3v) is 4.06. The van der Waals surface area contributed by atoms with Crippen molar-refractivity contribution in [2.45, 2.75) is 46.2 Å². The van der Waals surface area contributed by atoms with Crippen LogP contribution in [0.2, 0.25) is 0 Å². The number of hydrogen-bond acceptors (Lipinski definition) is 4. The molecule has 21 heavy (non-hydrogen) atoms. The molecule has 0 saturated carbocycles. The van der Waals surface area contributed by atoms with Crippen LogP contribution in [-0.4, -0.2) is 37.8 Å². The summed E-state index contributed by atoms with van der Waals surface area (Å²) < 4.78 is 5.43. The average Bonchev–Trinajstić information content (AvgIpc) is 2.46. The molecule has 1 aliphatic rings. The Balaban J connectivity index is 1.95. The van der Waals surface area contributed by atoms with E-state index in [0.717, 1.165) is 38.0 Å². The van der Waals surface area contributed by atoms with Crippen molar-refractivity contribution in [3.05, 3.63) is 23.4 Å². The van der Waals surface area contributed by atoms with Gasteiger partial charge in [-0.1, -0.05) is 13.8 Å². The maximum absolute atomic E-state index is 5.43. The van der Waals surface area contributed by atoms with Gasteiger partial charge in [0.05, 0.1) is 0 Å². The molecular formula is C17H29N3O. The molecule has 0 bridgehead atoms. The van der Waals surface area contributed by atoms with Gasteiger partial charge in [-0.25, -0.2) is 4.98 Å². The molecule has 0 aromatic carbocycles. The molecule has 1 saturated heterocycles. The van der Waals surface area contributed by atoms with Gasteiger partial charge in [0, 0.05) is 45.6 Å². The minimum absolute atomic E-state index is 0.501. The zero-order chi connectivity index (χ0) is 15.2. The van der Waals surface area contributed by atoms with Gasteiger partial charge in [-0.05, 0) is 42.9 Å². The Morgan fingerprint density at radius 2 is 2.10 bits per heavy atom. The molecular weight excluding hydrogens is 262 g/mol. The van der Waals surface area contributed by atoms with Crippen molar-refractivity contribution in [2.24, 2.45) is 5.92 Å². The molecule has 0 amide bonds. The smallest absolute Gasteiger partial charge is 0.131 e. The van der Waals surface area contributed by atoms with Crippen molar-refractivity contribution in [2.75, 3.05) is 31.7 Å². The number of hydrogen-bond donors (Lipinski definition) is 1. The van der Waals surface area contributed by atoms with E-state index < -0.39 is 0 Å². The Bertz CT molecular complexity index is 442. The van der Waals surface area contributed by atoms with Crippen molar-refractivity contribution < 1.29 is 4.74 Å². The van der Waals surface area contributed by atoms with E-state index in [4.69, 9.17) is 4.74 Å². The zero-order valence-electron chi connectivity index (χ0n) is 13.9. The monoisotopic (exact) mass is 291 g/mol. The van der Waals surface area contributed by atoms with Gasteiger partial charge in [-0.2, -0.15) is 0 Å². The Hall–Kier alpha value is -1.13. The van der Waals surface area contributed by atoms with Crippen molar-refractivity contribution in [3.8, 4) is 0 Å². The lowest BCUT2D eigenvalue weighted by molar-refractivity contribution is 0.0685. The summed E-state index contributed by atoms with van der Waals surface area (Å²) in [5.74, 6) is 1.84. The predicted octanol–water partition coefficient (Wildman–Crippen LogP) is 2.75. The average molecular weight is 291 g/mol. The summed E-state index contributed by atoms with van der Waals surface area (Å²) in [5.41, 5.74) is 2.51. The van der Waals surface area contributed by atoms with Crippen molar-refractivity contribution in [1.29, 1.82) is 0 Å². The lowest BCUT2D eigenvalue weighted by Gasteiger charge is -2.28. The summed E-state index contributed by atoms with van der Waals surface area (Å²) in [6, 6.07) is 2.75. The maximum Gasteiger partial charge on any atom is 0.131 e. The van der Waals surface area contributed by atoms with Gasteiger partial charge in [0.25, 0.3) is 0 Å². The van der Waals surface area contributed by atoms with Crippen LogP contribution in [0, 0.1) is 12.8 Å².